The summed E-state index contributed by atoms with van der Waals surface area (Å²) in [7, 11) is 5.25. The highest BCUT2D eigenvalue weighted by molar-refractivity contribution is 14.0. The van der Waals surface area contributed by atoms with Crippen molar-refractivity contribution in [3.63, 3.8) is 0 Å². The van der Waals surface area contributed by atoms with Crippen LogP contribution in [-0.2, 0) is 13.0 Å². The number of benzene rings is 1. The molecule has 0 unspecified atom stereocenters. The maximum absolute atomic E-state index is 5.47. The van der Waals surface area contributed by atoms with Crippen molar-refractivity contribution in [3.8, 4) is 11.5 Å². The van der Waals surface area contributed by atoms with Crippen molar-refractivity contribution in [3.05, 3.63) is 23.3 Å². The SMILES string of the molecule is CN=C(NCCN1CCC(C)CC1)N1CCc2cc(OC)c(OC)cc2C1.I. The zero-order valence-corrected chi connectivity index (χ0v) is 20.0. The Labute approximate surface area is 186 Å². The number of ether oxygens (including phenoxy) is 2. The highest BCUT2D eigenvalue weighted by Gasteiger charge is 2.22. The third-order valence-corrected chi connectivity index (χ3v) is 5.82. The van der Waals surface area contributed by atoms with E-state index in [0.717, 1.165) is 56.0 Å². The maximum atomic E-state index is 5.47. The number of nitrogens with zero attached hydrogens (tertiary/aromatic N) is 3. The fourth-order valence-electron chi connectivity index (χ4n) is 4.01. The largest absolute Gasteiger partial charge is 0.493 e. The topological polar surface area (TPSA) is 49.3 Å². The molecule has 158 valence electrons. The Morgan fingerprint density at radius 1 is 1.11 bits per heavy atom. The van der Waals surface area contributed by atoms with E-state index >= 15 is 0 Å². The standard InChI is InChI=1S/C21H34N4O2.HI/c1-16-5-9-24(10-6-16)12-8-23-21(22-2)25-11-7-17-13-19(26-3)20(27-4)14-18(17)15-25;/h13-14,16H,5-12,15H2,1-4H3,(H,22,23);1H. The summed E-state index contributed by atoms with van der Waals surface area (Å²) in [4.78, 5) is 9.40. The van der Waals surface area contributed by atoms with Gasteiger partial charge < -0.3 is 24.6 Å². The molecule has 2 aliphatic rings. The summed E-state index contributed by atoms with van der Waals surface area (Å²) < 4.78 is 10.9. The lowest BCUT2D eigenvalue weighted by Crippen LogP contribution is -2.46. The first-order valence-electron chi connectivity index (χ1n) is 10.1. The van der Waals surface area contributed by atoms with Crippen LogP contribution in [0.15, 0.2) is 17.1 Å². The molecule has 28 heavy (non-hydrogen) atoms. The van der Waals surface area contributed by atoms with E-state index < -0.39 is 0 Å². The number of methoxy groups -OCH3 is 2. The van der Waals surface area contributed by atoms with Crippen LogP contribution >= 0.6 is 24.0 Å². The Hall–Kier alpha value is -1.22. The molecule has 2 aliphatic heterocycles. The molecular formula is C21H35IN4O2. The first-order chi connectivity index (χ1) is 13.1. The lowest BCUT2D eigenvalue weighted by molar-refractivity contribution is 0.194. The maximum Gasteiger partial charge on any atom is 0.194 e. The van der Waals surface area contributed by atoms with Crippen LogP contribution in [0.4, 0.5) is 0 Å². The van der Waals surface area contributed by atoms with E-state index in [1.165, 1.54) is 37.1 Å². The molecule has 1 aromatic rings. The molecule has 0 spiro atoms. The minimum Gasteiger partial charge on any atom is -0.493 e. The monoisotopic (exact) mass is 502 g/mol. The van der Waals surface area contributed by atoms with Gasteiger partial charge in [-0.3, -0.25) is 4.99 Å². The van der Waals surface area contributed by atoms with Gasteiger partial charge >= 0.3 is 0 Å². The van der Waals surface area contributed by atoms with Crippen molar-refractivity contribution in [2.24, 2.45) is 10.9 Å². The van der Waals surface area contributed by atoms with Crippen LogP contribution in [-0.4, -0.2) is 69.8 Å². The van der Waals surface area contributed by atoms with Crippen LogP contribution in [0.1, 0.15) is 30.9 Å². The summed E-state index contributed by atoms with van der Waals surface area (Å²) in [6.07, 6.45) is 3.63. The normalized spacial score (nSPS) is 18.3. The van der Waals surface area contributed by atoms with Gasteiger partial charge in [0.1, 0.15) is 0 Å². The van der Waals surface area contributed by atoms with Crippen LogP contribution in [0.5, 0.6) is 11.5 Å². The third-order valence-electron chi connectivity index (χ3n) is 5.82. The van der Waals surface area contributed by atoms with Crippen molar-refractivity contribution in [2.45, 2.75) is 32.7 Å². The molecule has 0 aliphatic carbocycles. The van der Waals surface area contributed by atoms with E-state index in [0.29, 0.717) is 0 Å². The highest BCUT2D eigenvalue weighted by Crippen LogP contribution is 2.33. The van der Waals surface area contributed by atoms with E-state index in [1.807, 2.05) is 7.05 Å². The first-order valence-corrected chi connectivity index (χ1v) is 10.1. The van der Waals surface area contributed by atoms with Crippen molar-refractivity contribution in [2.75, 3.05) is 54.0 Å². The van der Waals surface area contributed by atoms with Crippen molar-refractivity contribution < 1.29 is 9.47 Å². The van der Waals surface area contributed by atoms with E-state index in [2.05, 4.69) is 39.2 Å². The Bertz CT molecular complexity index is 660. The molecule has 6 nitrogen and oxygen atoms in total. The molecule has 2 heterocycles. The average molecular weight is 502 g/mol. The van der Waals surface area contributed by atoms with E-state index in [1.54, 1.807) is 14.2 Å². The molecule has 0 radical (unpaired) electrons. The van der Waals surface area contributed by atoms with Gasteiger partial charge in [-0.1, -0.05) is 6.92 Å². The number of hydrogen-bond donors (Lipinski definition) is 1. The second-order valence-electron chi connectivity index (χ2n) is 7.65. The minimum absolute atomic E-state index is 0. The number of aliphatic imine (C=N–C) groups is 1. The molecule has 7 heteroatoms. The van der Waals surface area contributed by atoms with Crippen molar-refractivity contribution in [1.82, 2.24) is 15.1 Å². The molecule has 1 N–H and O–H groups in total. The minimum atomic E-state index is 0. The number of guanidine groups is 1. The lowest BCUT2D eigenvalue weighted by Gasteiger charge is -2.33. The van der Waals surface area contributed by atoms with Crippen LogP contribution in [0, 0.1) is 5.92 Å². The smallest absolute Gasteiger partial charge is 0.194 e. The third kappa shape index (κ3) is 5.65. The molecule has 0 saturated carbocycles. The Morgan fingerprint density at radius 2 is 1.75 bits per heavy atom. The number of rotatable bonds is 5. The molecule has 0 bridgehead atoms. The molecule has 1 fully saturated rings. The summed E-state index contributed by atoms with van der Waals surface area (Å²) in [6.45, 7) is 8.63. The molecule has 0 amide bonds. The lowest BCUT2D eigenvalue weighted by atomic mass is 9.99. The van der Waals surface area contributed by atoms with E-state index in [-0.39, 0.29) is 24.0 Å². The number of piperidine rings is 1. The molecule has 0 aromatic heterocycles. The molecular weight excluding hydrogens is 467 g/mol. The van der Waals surface area contributed by atoms with Gasteiger partial charge in [-0.05, 0) is 61.5 Å². The predicted octanol–water partition coefficient (Wildman–Crippen LogP) is 2.99. The average Bonchev–Trinajstić information content (AvgIpc) is 2.71. The van der Waals surface area contributed by atoms with Gasteiger partial charge in [0, 0.05) is 33.2 Å². The zero-order valence-electron chi connectivity index (χ0n) is 17.7. The van der Waals surface area contributed by atoms with Crippen molar-refractivity contribution in [1.29, 1.82) is 0 Å². The zero-order chi connectivity index (χ0) is 19.2. The Balaban J connectivity index is 0.00000280. The summed E-state index contributed by atoms with van der Waals surface area (Å²) in [6, 6.07) is 4.21. The summed E-state index contributed by atoms with van der Waals surface area (Å²) >= 11 is 0. The first kappa shape index (κ1) is 23.1. The number of nitrogens with one attached hydrogen (secondary N) is 1. The van der Waals surface area contributed by atoms with Crippen LogP contribution < -0.4 is 14.8 Å². The van der Waals surface area contributed by atoms with E-state index in [4.69, 9.17) is 9.47 Å². The number of fused-ring (bicyclic) bond motifs is 1. The van der Waals surface area contributed by atoms with Crippen LogP contribution in [0.2, 0.25) is 0 Å². The number of hydrogen-bond acceptors (Lipinski definition) is 4. The van der Waals surface area contributed by atoms with Crippen LogP contribution in [0.3, 0.4) is 0 Å². The summed E-state index contributed by atoms with van der Waals surface area (Å²) in [5.74, 6) is 3.47. The highest BCUT2D eigenvalue weighted by atomic mass is 127. The van der Waals surface area contributed by atoms with Gasteiger partial charge in [0.05, 0.1) is 14.2 Å². The molecule has 1 aromatic carbocycles. The van der Waals surface area contributed by atoms with Gasteiger partial charge in [-0.25, -0.2) is 0 Å². The Kier molecular flexibility index (Phi) is 9.14. The molecule has 1 saturated heterocycles. The summed E-state index contributed by atoms with van der Waals surface area (Å²) in [5.41, 5.74) is 2.62. The van der Waals surface area contributed by atoms with Gasteiger partial charge in [0.2, 0.25) is 0 Å². The predicted molar refractivity (Wildman–Crippen MR) is 125 cm³/mol. The summed E-state index contributed by atoms with van der Waals surface area (Å²) in [5, 5.41) is 3.56. The Morgan fingerprint density at radius 3 is 2.36 bits per heavy atom. The van der Waals surface area contributed by atoms with Gasteiger partial charge in [0.25, 0.3) is 0 Å². The van der Waals surface area contributed by atoms with E-state index in [9.17, 15) is 0 Å². The van der Waals surface area contributed by atoms with Gasteiger partial charge in [-0.2, -0.15) is 0 Å². The van der Waals surface area contributed by atoms with Crippen molar-refractivity contribution >= 4 is 29.9 Å². The van der Waals surface area contributed by atoms with Crippen LogP contribution in [0.25, 0.3) is 0 Å². The fourth-order valence-corrected chi connectivity index (χ4v) is 4.01. The second-order valence-corrected chi connectivity index (χ2v) is 7.65. The molecule has 3 rings (SSSR count). The number of halogens is 1. The fraction of sp³-hybridized carbons (Fsp3) is 0.667. The quantitative estimate of drug-likeness (QED) is 0.381. The second kappa shape index (κ2) is 11.1. The number of likely N-dealkylation sites (tertiary alicyclic amines) is 1. The van der Waals surface area contributed by atoms with Gasteiger partial charge in [0.15, 0.2) is 17.5 Å². The molecule has 0 atom stereocenters. The van der Waals surface area contributed by atoms with Gasteiger partial charge in [-0.15, -0.1) is 24.0 Å².